The van der Waals surface area contributed by atoms with Gasteiger partial charge in [-0.05, 0) is 12.1 Å². The van der Waals surface area contributed by atoms with Gasteiger partial charge in [-0.15, -0.1) is 0 Å². The highest BCUT2D eigenvalue weighted by atomic mass is 16.4. The molecule has 0 bridgehead atoms. The number of aromatic carboxylic acids is 1. The number of rotatable bonds is 4. The highest BCUT2D eigenvalue weighted by molar-refractivity contribution is 5.90. The number of hydrogen-bond donors (Lipinski definition) is 6. The normalized spacial score (nSPS) is 12.5. The van der Waals surface area contributed by atoms with Crippen molar-refractivity contribution in [3.8, 4) is 5.75 Å². The summed E-state index contributed by atoms with van der Waals surface area (Å²) in [6.45, 7) is 0. The first kappa shape index (κ1) is 17.4. The minimum absolute atomic E-state index is 0.0671. The van der Waals surface area contributed by atoms with Gasteiger partial charge in [0.1, 0.15) is 11.3 Å². The second-order valence-corrected chi connectivity index (χ2v) is 3.39. The summed E-state index contributed by atoms with van der Waals surface area (Å²) in [6, 6.07) is 5.81. The molecular weight excluding hydrogens is 276 g/mol. The molecule has 9 nitrogen and oxygen atoms in total. The van der Waals surface area contributed by atoms with Gasteiger partial charge in [0, 0.05) is 0 Å². The fourth-order valence-corrected chi connectivity index (χ4v) is 0.925. The van der Waals surface area contributed by atoms with Crippen LogP contribution in [0, 0.1) is 0 Å². The van der Waals surface area contributed by atoms with Crippen LogP contribution >= 0.6 is 0 Å². The third kappa shape index (κ3) is 5.33. The summed E-state index contributed by atoms with van der Waals surface area (Å²) < 4.78 is 0. The number of para-hydroxylation sites is 1. The molecule has 0 aliphatic rings. The van der Waals surface area contributed by atoms with Crippen molar-refractivity contribution in [1.29, 1.82) is 0 Å². The maximum absolute atomic E-state index is 10.3. The summed E-state index contributed by atoms with van der Waals surface area (Å²) in [5.74, 6) is -4.85. The number of aromatic hydroxyl groups is 1. The first-order chi connectivity index (χ1) is 9.18. The van der Waals surface area contributed by atoms with Gasteiger partial charge in [0.15, 0.2) is 12.2 Å². The van der Waals surface area contributed by atoms with E-state index in [-0.39, 0.29) is 11.3 Å². The standard InChI is InChI=1S/C7H6O3.C4H6O6/c8-6-4-2-1-3-5(6)7(9)10;5-1(3(7)8)2(6)4(9)10/h1-4,8H,(H,9,10);1-2,5-6H,(H,7,8)(H,9,10). The van der Waals surface area contributed by atoms with Crippen LogP contribution in [0.4, 0.5) is 0 Å². The molecule has 0 aromatic heterocycles. The van der Waals surface area contributed by atoms with Crippen molar-refractivity contribution in [1.82, 2.24) is 0 Å². The van der Waals surface area contributed by atoms with Crippen molar-refractivity contribution in [2.24, 2.45) is 0 Å². The Labute approximate surface area is 112 Å². The van der Waals surface area contributed by atoms with Crippen molar-refractivity contribution in [2.45, 2.75) is 12.2 Å². The first-order valence-corrected chi connectivity index (χ1v) is 5.01. The lowest BCUT2D eigenvalue weighted by molar-refractivity contribution is -0.165. The Morgan fingerprint density at radius 2 is 1.25 bits per heavy atom. The van der Waals surface area contributed by atoms with Crippen LogP contribution in [0.25, 0.3) is 0 Å². The lowest BCUT2D eigenvalue weighted by atomic mass is 10.2. The molecule has 0 fully saturated rings. The van der Waals surface area contributed by atoms with E-state index < -0.39 is 30.1 Å². The van der Waals surface area contributed by atoms with Gasteiger partial charge in [-0.25, -0.2) is 14.4 Å². The van der Waals surface area contributed by atoms with Crippen molar-refractivity contribution < 1.29 is 45.0 Å². The molecular formula is C11H12O9. The van der Waals surface area contributed by atoms with Crippen LogP contribution in [-0.2, 0) is 9.59 Å². The zero-order valence-electron chi connectivity index (χ0n) is 9.87. The molecule has 20 heavy (non-hydrogen) atoms. The topological polar surface area (TPSA) is 173 Å². The molecule has 110 valence electrons. The number of hydrogen-bond acceptors (Lipinski definition) is 6. The van der Waals surface area contributed by atoms with E-state index in [0.29, 0.717) is 0 Å². The van der Waals surface area contributed by atoms with E-state index in [2.05, 4.69) is 0 Å². The Bertz CT molecular complexity index is 478. The lowest BCUT2D eigenvalue weighted by Crippen LogP contribution is -2.39. The average molecular weight is 288 g/mol. The SMILES string of the molecule is O=C(O)C(O)C(O)C(=O)O.O=C(O)c1ccccc1O. The van der Waals surface area contributed by atoms with E-state index in [9.17, 15) is 14.4 Å². The van der Waals surface area contributed by atoms with Crippen LogP contribution in [-0.4, -0.2) is 60.8 Å². The smallest absolute Gasteiger partial charge is 0.339 e. The van der Waals surface area contributed by atoms with Crippen LogP contribution in [0.3, 0.4) is 0 Å². The fourth-order valence-electron chi connectivity index (χ4n) is 0.925. The minimum Gasteiger partial charge on any atom is -0.507 e. The number of aliphatic hydroxyl groups excluding tert-OH is 2. The van der Waals surface area contributed by atoms with Crippen LogP contribution in [0.5, 0.6) is 5.75 Å². The van der Waals surface area contributed by atoms with Crippen LogP contribution in [0.2, 0.25) is 0 Å². The summed E-state index contributed by atoms with van der Waals surface area (Å²) in [4.78, 5) is 29.8. The maximum Gasteiger partial charge on any atom is 0.339 e. The number of benzene rings is 1. The van der Waals surface area contributed by atoms with Gasteiger partial charge in [0.2, 0.25) is 0 Å². The Hall–Kier alpha value is -2.65. The number of aliphatic hydroxyl groups is 2. The van der Waals surface area contributed by atoms with E-state index in [1.807, 2.05) is 0 Å². The maximum atomic E-state index is 10.3. The van der Waals surface area contributed by atoms with E-state index >= 15 is 0 Å². The molecule has 6 N–H and O–H groups in total. The molecule has 2 unspecified atom stereocenters. The number of phenols is 1. The number of carboxylic acids is 3. The summed E-state index contributed by atoms with van der Waals surface area (Å²) in [6.07, 6.45) is -4.53. The van der Waals surface area contributed by atoms with Crippen LogP contribution < -0.4 is 0 Å². The average Bonchev–Trinajstić information content (AvgIpc) is 2.37. The van der Waals surface area contributed by atoms with Gasteiger partial charge in [-0.2, -0.15) is 0 Å². The third-order valence-corrected chi connectivity index (χ3v) is 1.94. The van der Waals surface area contributed by atoms with Crippen molar-refractivity contribution in [3.05, 3.63) is 29.8 Å². The zero-order valence-corrected chi connectivity index (χ0v) is 9.87. The molecule has 0 saturated heterocycles. The van der Waals surface area contributed by atoms with Gasteiger partial charge in [0.05, 0.1) is 0 Å². The van der Waals surface area contributed by atoms with Gasteiger partial charge < -0.3 is 30.6 Å². The van der Waals surface area contributed by atoms with E-state index in [0.717, 1.165) is 0 Å². The first-order valence-electron chi connectivity index (χ1n) is 5.01. The molecule has 2 atom stereocenters. The van der Waals surface area contributed by atoms with Gasteiger partial charge >= 0.3 is 17.9 Å². The Morgan fingerprint density at radius 1 is 0.850 bits per heavy atom. The van der Waals surface area contributed by atoms with E-state index in [4.69, 9.17) is 30.6 Å². The lowest BCUT2D eigenvalue weighted by Gasteiger charge is -2.07. The zero-order chi connectivity index (χ0) is 15.9. The van der Waals surface area contributed by atoms with Crippen molar-refractivity contribution in [3.63, 3.8) is 0 Å². The molecule has 0 aliphatic carbocycles. The summed E-state index contributed by atoms with van der Waals surface area (Å²) in [5.41, 5.74) is -0.0671. The number of carbonyl (C=O) groups is 3. The molecule has 1 aromatic carbocycles. The third-order valence-electron chi connectivity index (χ3n) is 1.94. The van der Waals surface area contributed by atoms with Crippen LogP contribution in [0.15, 0.2) is 24.3 Å². The molecule has 0 amide bonds. The second-order valence-electron chi connectivity index (χ2n) is 3.39. The Morgan fingerprint density at radius 3 is 1.50 bits per heavy atom. The summed E-state index contributed by atoms with van der Waals surface area (Å²) in [5, 5.41) is 49.8. The van der Waals surface area contributed by atoms with Crippen LogP contribution in [0.1, 0.15) is 10.4 Å². The Balaban J connectivity index is 0.000000361. The largest absolute Gasteiger partial charge is 0.507 e. The highest BCUT2D eigenvalue weighted by Crippen LogP contribution is 2.14. The van der Waals surface area contributed by atoms with Gasteiger partial charge in [-0.3, -0.25) is 0 Å². The molecule has 0 spiro atoms. The molecule has 0 radical (unpaired) electrons. The molecule has 9 heteroatoms. The molecule has 1 aromatic rings. The van der Waals surface area contributed by atoms with Crippen molar-refractivity contribution >= 4 is 17.9 Å². The molecule has 0 saturated carbocycles. The quantitative estimate of drug-likeness (QED) is 0.404. The second kappa shape index (κ2) is 7.71. The minimum atomic E-state index is -2.27. The number of aliphatic carboxylic acids is 2. The van der Waals surface area contributed by atoms with E-state index in [1.165, 1.54) is 12.1 Å². The predicted molar refractivity (Wildman–Crippen MR) is 62.4 cm³/mol. The molecule has 1 rings (SSSR count). The Kier molecular flexibility index (Phi) is 6.69. The fraction of sp³-hybridized carbons (Fsp3) is 0.182. The summed E-state index contributed by atoms with van der Waals surface area (Å²) in [7, 11) is 0. The summed E-state index contributed by atoms with van der Waals surface area (Å²) >= 11 is 0. The van der Waals surface area contributed by atoms with E-state index in [1.54, 1.807) is 12.1 Å². The monoisotopic (exact) mass is 288 g/mol. The molecule has 0 aliphatic heterocycles. The number of carboxylic acid groups (broad SMARTS) is 3. The predicted octanol–water partition coefficient (Wildman–Crippen LogP) is -1.03. The molecule has 0 heterocycles. The van der Waals surface area contributed by atoms with Gasteiger partial charge in [0.25, 0.3) is 0 Å². The van der Waals surface area contributed by atoms with Gasteiger partial charge in [-0.1, -0.05) is 12.1 Å². The highest BCUT2D eigenvalue weighted by Gasteiger charge is 2.29. The van der Waals surface area contributed by atoms with Crippen molar-refractivity contribution in [2.75, 3.05) is 0 Å².